The van der Waals surface area contributed by atoms with E-state index in [9.17, 15) is 4.39 Å². The molecule has 1 aromatic carbocycles. The van der Waals surface area contributed by atoms with Crippen molar-refractivity contribution in [3.8, 4) is 5.75 Å². The summed E-state index contributed by atoms with van der Waals surface area (Å²) >= 11 is 5.56. The molecule has 2 N–H and O–H groups in total. The Labute approximate surface area is 76.1 Å². The number of benzene rings is 1. The Morgan fingerprint density at radius 3 is 2.42 bits per heavy atom. The second-order valence-electron chi connectivity index (χ2n) is 1.78. The maximum atomic E-state index is 12.3. The van der Waals surface area contributed by atoms with Gasteiger partial charge in [0.15, 0.2) is 0 Å². The van der Waals surface area contributed by atoms with Gasteiger partial charge in [0.05, 0.1) is 12.1 Å². The predicted octanol–water partition coefficient (Wildman–Crippen LogP) is 2.06. The van der Waals surface area contributed by atoms with Crippen LogP contribution in [0.1, 0.15) is 0 Å². The van der Waals surface area contributed by atoms with Gasteiger partial charge < -0.3 is 10.5 Å². The highest BCUT2D eigenvalue weighted by Crippen LogP contribution is 2.23. The Hall–Kier alpha value is -0.800. The fraction of sp³-hybridized carbons (Fsp3) is 0.250. The minimum absolute atomic E-state index is 0.294. The Morgan fingerprint density at radius 1 is 1.42 bits per heavy atom. The van der Waals surface area contributed by atoms with Crippen molar-refractivity contribution in [3.63, 3.8) is 0 Å². The third kappa shape index (κ3) is 3.07. The molecule has 0 aliphatic rings. The van der Waals surface area contributed by atoms with Crippen LogP contribution in [0, 0.1) is 5.82 Å². The van der Waals surface area contributed by atoms with Gasteiger partial charge in [0, 0.05) is 0 Å². The highest BCUT2D eigenvalue weighted by atomic mass is 35.5. The molecule has 0 aliphatic heterocycles. The van der Waals surface area contributed by atoms with Crippen LogP contribution in [0.2, 0.25) is 5.02 Å². The summed E-state index contributed by atoms with van der Waals surface area (Å²) in [5.74, 6) is 0.133. The van der Waals surface area contributed by atoms with Gasteiger partial charge in [-0.25, -0.2) is 4.39 Å². The molecular weight excluding hydrogens is 181 g/mol. The Morgan fingerprint density at radius 2 is 2.00 bits per heavy atom. The van der Waals surface area contributed by atoms with Crippen molar-refractivity contribution in [1.29, 1.82) is 0 Å². The molecule has 0 heterocycles. The molecule has 0 aromatic heterocycles. The number of rotatable bonds is 1. The standard InChI is InChI=1S/C7H6ClFO.CH5N/c1-10-7-3-2-5(9)4-6(7)8;1-2/h2-4H,1H3;2H2,1H3. The summed E-state index contributed by atoms with van der Waals surface area (Å²) in [5.41, 5.74) is 4.50. The molecule has 0 unspecified atom stereocenters. The van der Waals surface area contributed by atoms with Crippen LogP contribution in [-0.4, -0.2) is 14.2 Å². The van der Waals surface area contributed by atoms with E-state index in [1.165, 1.54) is 32.4 Å². The quantitative estimate of drug-likeness (QED) is 0.738. The molecule has 2 nitrogen and oxygen atoms in total. The van der Waals surface area contributed by atoms with E-state index in [1.54, 1.807) is 0 Å². The predicted molar refractivity (Wildman–Crippen MR) is 48.1 cm³/mol. The zero-order chi connectivity index (χ0) is 9.56. The Balaban J connectivity index is 0.000000561. The number of nitrogens with two attached hydrogens (primary N) is 1. The number of methoxy groups -OCH3 is 1. The first-order valence-corrected chi connectivity index (χ1v) is 3.68. The van der Waals surface area contributed by atoms with Crippen LogP contribution in [-0.2, 0) is 0 Å². The molecule has 0 aliphatic carbocycles. The van der Waals surface area contributed by atoms with Gasteiger partial charge >= 0.3 is 0 Å². The molecule has 0 bridgehead atoms. The van der Waals surface area contributed by atoms with E-state index in [4.69, 9.17) is 16.3 Å². The molecule has 0 saturated carbocycles. The molecule has 4 heteroatoms. The van der Waals surface area contributed by atoms with Gasteiger partial charge in [-0.3, -0.25) is 0 Å². The first-order chi connectivity index (χ1) is 5.74. The van der Waals surface area contributed by atoms with Gasteiger partial charge in [0.2, 0.25) is 0 Å². The average molecular weight is 192 g/mol. The zero-order valence-corrected chi connectivity index (χ0v) is 7.73. The third-order valence-corrected chi connectivity index (χ3v) is 1.41. The summed E-state index contributed by atoms with van der Waals surface area (Å²) in [6.45, 7) is 0. The Kier molecular flexibility index (Phi) is 5.41. The second-order valence-corrected chi connectivity index (χ2v) is 2.19. The SMILES string of the molecule is CN.COc1ccc(F)cc1Cl. The molecule has 0 amide bonds. The van der Waals surface area contributed by atoms with Crippen molar-refractivity contribution < 1.29 is 9.13 Å². The summed E-state index contributed by atoms with van der Waals surface area (Å²) in [7, 11) is 2.99. The van der Waals surface area contributed by atoms with Crippen molar-refractivity contribution in [1.82, 2.24) is 0 Å². The van der Waals surface area contributed by atoms with Crippen LogP contribution in [0.3, 0.4) is 0 Å². The van der Waals surface area contributed by atoms with E-state index in [1.807, 2.05) is 0 Å². The molecule has 0 atom stereocenters. The molecule has 1 aromatic rings. The van der Waals surface area contributed by atoms with Crippen molar-refractivity contribution in [2.75, 3.05) is 14.2 Å². The van der Waals surface area contributed by atoms with Gasteiger partial charge in [0.1, 0.15) is 11.6 Å². The fourth-order valence-electron chi connectivity index (χ4n) is 0.641. The minimum atomic E-state index is -0.356. The van der Waals surface area contributed by atoms with Crippen LogP contribution in [0.4, 0.5) is 4.39 Å². The Bertz CT molecular complexity index is 242. The van der Waals surface area contributed by atoms with Crippen LogP contribution in [0.25, 0.3) is 0 Å². The summed E-state index contributed by atoms with van der Waals surface area (Å²) < 4.78 is 17.1. The van der Waals surface area contributed by atoms with Crippen molar-refractivity contribution in [3.05, 3.63) is 29.0 Å². The number of halogens is 2. The molecule has 0 spiro atoms. The highest BCUT2D eigenvalue weighted by molar-refractivity contribution is 6.32. The number of hydrogen-bond acceptors (Lipinski definition) is 2. The van der Waals surface area contributed by atoms with Gasteiger partial charge in [-0.1, -0.05) is 11.6 Å². The smallest absolute Gasteiger partial charge is 0.137 e. The van der Waals surface area contributed by atoms with Crippen LogP contribution in [0.5, 0.6) is 5.75 Å². The van der Waals surface area contributed by atoms with Crippen molar-refractivity contribution in [2.45, 2.75) is 0 Å². The highest BCUT2D eigenvalue weighted by Gasteiger charge is 1.99. The molecule has 0 fully saturated rings. The lowest BCUT2D eigenvalue weighted by molar-refractivity contribution is 0.414. The largest absolute Gasteiger partial charge is 0.495 e. The maximum absolute atomic E-state index is 12.3. The number of ether oxygens (including phenoxy) is 1. The minimum Gasteiger partial charge on any atom is -0.495 e. The summed E-state index contributed by atoms with van der Waals surface area (Å²) in [6, 6.07) is 3.99. The van der Waals surface area contributed by atoms with Crippen molar-refractivity contribution >= 4 is 11.6 Å². The lowest BCUT2D eigenvalue weighted by Crippen LogP contribution is -1.83. The second kappa shape index (κ2) is 5.80. The fourth-order valence-corrected chi connectivity index (χ4v) is 0.885. The molecule has 0 radical (unpaired) electrons. The lowest BCUT2D eigenvalue weighted by Gasteiger charge is -2.00. The van der Waals surface area contributed by atoms with E-state index < -0.39 is 0 Å². The van der Waals surface area contributed by atoms with Gasteiger partial charge in [-0.2, -0.15) is 0 Å². The summed E-state index contributed by atoms with van der Waals surface area (Å²) in [6.07, 6.45) is 0. The van der Waals surface area contributed by atoms with Gasteiger partial charge in [-0.05, 0) is 25.2 Å². The topological polar surface area (TPSA) is 35.2 Å². The first-order valence-electron chi connectivity index (χ1n) is 3.31. The van der Waals surface area contributed by atoms with Crippen LogP contribution in [0.15, 0.2) is 18.2 Å². The average Bonchev–Trinajstić information content (AvgIpc) is 2.08. The van der Waals surface area contributed by atoms with E-state index in [0.717, 1.165) is 0 Å². The van der Waals surface area contributed by atoms with E-state index in [0.29, 0.717) is 10.8 Å². The molecule has 12 heavy (non-hydrogen) atoms. The van der Waals surface area contributed by atoms with Crippen LogP contribution >= 0.6 is 11.6 Å². The summed E-state index contributed by atoms with van der Waals surface area (Å²) in [5, 5.41) is 0.294. The van der Waals surface area contributed by atoms with Crippen molar-refractivity contribution in [2.24, 2.45) is 5.73 Å². The first kappa shape index (κ1) is 11.2. The number of hydrogen-bond donors (Lipinski definition) is 1. The summed E-state index contributed by atoms with van der Waals surface area (Å²) in [4.78, 5) is 0. The molecule has 0 saturated heterocycles. The van der Waals surface area contributed by atoms with Crippen LogP contribution < -0.4 is 10.5 Å². The van der Waals surface area contributed by atoms with Gasteiger partial charge in [-0.15, -0.1) is 0 Å². The lowest BCUT2D eigenvalue weighted by atomic mass is 10.3. The van der Waals surface area contributed by atoms with Gasteiger partial charge in [0.25, 0.3) is 0 Å². The zero-order valence-electron chi connectivity index (χ0n) is 6.97. The molecule has 68 valence electrons. The normalized spacial score (nSPS) is 8.42. The molecular formula is C8H11ClFNO. The maximum Gasteiger partial charge on any atom is 0.137 e. The molecule has 1 rings (SSSR count). The third-order valence-electron chi connectivity index (χ3n) is 1.11. The monoisotopic (exact) mass is 191 g/mol. The van der Waals surface area contributed by atoms with E-state index >= 15 is 0 Å². The van der Waals surface area contributed by atoms with E-state index in [-0.39, 0.29) is 5.82 Å². The van der Waals surface area contributed by atoms with E-state index in [2.05, 4.69) is 5.73 Å².